The van der Waals surface area contributed by atoms with E-state index in [9.17, 15) is 4.79 Å². The number of benzene rings is 3. The number of methoxy groups -OCH3 is 1. The third-order valence-electron chi connectivity index (χ3n) is 3.46. The van der Waals surface area contributed by atoms with Crippen LogP contribution in [0.1, 0.15) is 10.4 Å². The van der Waals surface area contributed by atoms with Crippen molar-refractivity contribution in [2.45, 2.75) is 4.90 Å². The number of rotatable bonds is 3. The number of amides is 1. The Hall–Kier alpha value is -2.46. The van der Waals surface area contributed by atoms with Gasteiger partial charge in [-0.05, 0) is 35.0 Å². The summed E-state index contributed by atoms with van der Waals surface area (Å²) in [7, 11) is 1.56. The summed E-state index contributed by atoms with van der Waals surface area (Å²) in [5.74, 6) is 0.331. The number of ether oxygens (including phenoxy) is 1. The van der Waals surface area contributed by atoms with Crippen LogP contribution in [0.3, 0.4) is 0 Å². The fraction of sp³-hybridized carbons (Fsp3) is 0.0556. The van der Waals surface area contributed by atoms with Crippen LogP contribution in [0.2, 0.25) is 0 Å². The maximum absolute atomic E-state index is 12.6. The minimum Gasteiger partial charge on any atom is -0.496 e. The molecule has 0 radical (unpaired) electrons. The molecule has 3 aromatic carbocycles. The fourth-order valence-corrected chi connectivity index (χ4v) is 2.55. The van der Waals surface area contributed by atoms with Crippen molar-refractivity contribution in [1.82, 2.24) is 0 Å². The van der Waals surface area contributed by atoms with Crippen LogP contribution < -0.4 is 10.1 Å². The van der Waals surface area contributed by atoms with Gasteiger partial charge in [-0.2, -0.15) is 0 Å². The normalized spacial score (nSPS) is 10.5. The molecule has 22 heavy (non-hydrogen) atoms. The van der Waals surface area contributed by atoms with Crippen molar-refractivity contribution in [3.63, 3.8) is 0 Å². The Labute approximate surface area is 134 Å². The second-order valence-electron chi connectivity index (χ2n) is 4.87. The van der Waals surface area contributed by atoms with Gasteiger partial charge in [0.15, 0.2) is 0 Å². The topological polar surface area (TPSA) is 38.3 Å². The summed E-state index contributed by atoms with van der Waals surface area (Å²) in [5, 5.41) is 4.90. The quantitative estimate of drug-likeness (QED) is 0.704. The molecule has 0 bridgehead atoms. The van der Waals surface area contributed by atoms with Gasteiger partial charge in [-0.15, -0.1) is 12.6 Å². The molecule has 0 aliphatic carbocycles. The third-order valence-corrected chi connectivity index (χ3v) is 3.85. The highest BCUT2D eigenvalue weighted by Crippen LogP contribution is 2.27. The van der Waals surface area contributed by atoms with Crippen LogP contribution in [-0.4, -0.2) is 13.0 Å². The molecule has 1 N–H and O–H groups in total. The summed E-state index contributed by atoms with van der Waals surface area (Å²) in [4.78, 5) is 13.3. The molecule has 4 heteroatoms. The van der Waals surface area contributed by atoms with E-state index in [0.717, 1.165) is 15.7 Å². The van der Waals surface area contributed by atoms with Crippen molar-refractivity contribution in [3.05, 3.63) is 66.2 Å². The van der Waals surface area contributed by atoms with E-state index in [2.05, 4.69) is 17.9 Å². The lowest BCUT2D eigenvalue weighted by molar-refractivity contribution is 0.102. The molecule has 0 spiro atoms. The number of hydrogen-bond acceptors (Lipinski definition) is 3. The highest BCUT2D eigenvalue weighted by Gasteiger charge is 2.14. The molecule has 0 saturated heterocycles. The number of para-hydroxylation sites is 1. The van der Waals surface area contributed by atoms with Gasteiger partial charge in [0, 0.05) is 4.90 Å². The van der Waals surface area contributed by atoms with Crippen LogP contribution in [0.4, 0.5) is 5.69 Å². The number of thiol groups is 1. The van der Waals surface area contributed by atoms with E-state index in [0.29, 0.717) is 17.0 Å². The Bertz CT molecular complexity index is 845. The number of anilines is 1. The molecule has 1 amide bonds. The molecule has 0 aliphatic heterocycles. The van der Waals surface area contributed by atoms with Gasteiger partial charge in [0.25, 0.3) is 5.91 Å². The molecule has 0 saturated carbocycles. The lowest BCUT2D eigenvalue weighted by Gasteiger charge is -2.12. The molecule has 0 aliphatic rings. The van der Waals surface area contributed by atoms with E-state index in [-0.39, 0.29) is 5.91 Å². The van der Waals surface area contributed by atoms with E-state index < -0.39 is 0 Å². The number of carbonyl (C=O) groups is 1. The summed E-state index contributed by atoms with van der Waals surface area (Å²) >= 11 is 4.35. The van der Waals surface area contributed by atoms with E-state index in [4.69, 9.17) is 4.74 Å². The summed E-state index contributed by atoms with van der Waals surface area (Å²) in [6.07, 6.45) is 0. The van der Waals surface area contributed by atoms with Gasteiger partial charge in [-0.1, -0.05) is 36.4 Å². The summed E-state index contributed by atoms with van der Waals surface area (Å²) in [6.45, 7) is 0. The molecule has 0 aromatic heterocycles. The van der Waals surface area contributed by atoms with Gasteiger partial charge in [0.05, 0.1) is 18.4 Å². The van der Waals surface area contributed by atoms with E-state index in [1.54, 1.807) is 7.11 Å². The molecule has 110 valence electrons. The summed E-state index contributed by atoms with van der Waals surface area (Å²) in [6, 6.07) is 18.9. The number of fused-ring (bicyclic) bond motifs is 1. The molecule has 0 unspecified atom stereocenters. The Morgan fingerprint density at radius 3 is 2.32 bits per heavy atom. The Balaban J connectivity index is 2.01. The molecule has 3 aromatic rings. The minimum absolute atomic E-state index is 0.218. The van der Waals surface area contributed by atoms with Gasteiger partial charge >= 0.3 is 0 Å². The van der Waals surface area contributed by atoms with Crippen LogP contribution in [0, 0.1) is 0 Å². The second kappa shape index (κ2) is 6.12. The van der Waals surface area contributed by atoms with Gasteiger partial charge in [0.2, 0.25) is 0 Å². The van der Waals surface area contributed by atoms with Gasteiger partial charge in [-0.3, -0.25) is 4.79 Å². The zero-order valence-corrected chi connectivity index (χ0v) is 12.9. The maximum atomic E-state index is 12.6. The molecular weight excluding hydrogens is 294 g/mol. The SMILES string of the molecule is COc1cc2ccccc2cc1C(=O)Nc1ccccc1S. The maximum Gasteiger partial charge on any atom is 0.259 e. The van der Waals surface area contributed by atoms with Crippen molar-refractivity contribution in [1.29, 1.82) is 0 Å². The standard InChI is InChI=1S/C18H15NO2S/c1-21-16-11-13-7-3-2-6-12(13)10-14(16)18(20)19-15-8-4-5-9-17(15)22/h2-11,22H,1H3,(H,19,20). The highest BCUT2D eigenvalue weighted by atomic mass is 32.1. The molecule has 0 fully saturated rings. The first-order valence-electron chi connectivity index (χ1n) is 6.85. The average molecular weight is 309 g/mol. The number of hydrogen-bond donors (Lipinski definition) is 2. The minimum atomic E-state index is -0.218. The smallest absolute Gasteiger partial charge is 0.259 e. The van der Waals surface area contributed by atoms with Crippen molar-refractivity contribution < 1.29 is 9.53 Å². The predicted molar refractivity (Wildman–Crippen MR) is 92.1 cm³/mol. The summed E-state index contributed by atoms with van der Waals surface area (Å²) in [5.41, 5.74) is 1.17. The molecule has 0 heterocycles. The Kier molecular flexibility index (Phi) is 4.02. The molecule has 0 atom stereocenters. The zero-order chi connectivity index (χ0) is 15.5. The lowest BCUT2D eigenvalue weighted by atomic mass is 10.1. The zero-order valence-electron chi connectivity index (χ0n) is 12.0. The first-order chi connectivity index (χ1) is 10.7. The van der Waals surface area contributed by atoms with E-state index >= 15 is 0 Å². The number of carbonyl (C=O) groups excluding carboxylic acids is 1. The average Bonchev–Trinajstić information content (AvgIpc) is 2.55. The van der Waals surface area contributed by atoms with Crippen LogP contribution in [0.5, 0.6) is 5.75 Å². The molecule has 3 nitrogen and oxygen atoms in total. The largest absolute Gasteiger partial charge is 0.496 e. The third kappa shape index (κ3) is 2.78. The van der Waals surface area contributed by atoms with Crippen LogP contribution in [0.15, 0.2) is 65.6 Å². The highest BCUT2D eigenvalue weighted by molar-refractivity contribution is 7.80. The molecule has 3 rings (SSSR count). The summed E-state index contributed by atoms with van der Waals surface area (Å²) < 4.78 is 5.36. The van der Waals surface area contributed by atoms with Crippen LogP contribution >= 0.6 is 12.6 Å². The monoisotopic (exact) mass is 309 g/mol. The Morgan fingerprint density at radius 1 is 1.00 bits per heavy atom. The Morgan fingerprint density at radius 2 is 1.64 bits per heavy atom. The fourth-order valence-electron chi connectivity index (χ4n) is 2.33. The van der Waals surface area contributed by atoms with Crippen molar-refractivity contribution in [2.24, 2.45) is 0 Å². The van der Waals surface area contributed by atoms with Crippen LogP contribution in [0.25, 0.3) is 10.8 Å². The first kappa shape index (κ1) is 14.5. The lowest BCUT2D eigenvalue weighted by Crippen LogP contribution is -2.13. The van der Waals surface area contributed by atoms with E-state index in [1.165, 1.54) is 0 Å². The van der Waals surface area contributed by atoms with E-state index in [1.807, 2.05) is 60.7 Å². The van der Waals surface area contributed by atoms with Gasteiger partial charge < -0.3 is 10.1 Å². The second-order valence-corrected chi connectivity index (χ2v) is 5.35. The predicted octanol–water partition coefficient (Wildman–Crippen LogP) is 4.39. The van der Waals surface area contributed by atoms with Crippen molar-refractivity contribution in [2.75, 3.05) is 12.4 Å². The number of nitrogens with one attached hydrogen (secondary N) is 1. The van der Waals surface area contributed by atoms with Gasteiger partial charge in [0.1, 0.15) is 5.75 Å². The van der Waals surface area contributed by atoms with Crippen molar-refractivity contribution >= 4 is 35.0 Å². The van der Waals surface area contributed by atoms with Gasteiger partial charge in [-0.25, -0.2) is 0 Å². The van der Waals surface area contributed by atoms with Crippen molar-refractivity contribution in [3.8, 4) is 5.75 Å². The molecular formula is C18H15NO2S. The van der Waals surface area contributed by atoms with Crippen LogP contribution in [-0.2, 0) is 0 Å². The first-order valence-corrected chi connectivity index (χ1v) is 7.30.